The molecule has 0 spiro atoms. The van der Waals surface area contributed by atoms with Gasteiger partial charge in [-0.1, -0.05) is 0 Å². The van der Waals surface area contributed by atoms with Crippen molar-refractivity contribution < 1.29 is 28.9 Å². The average molecular weight is 306 g/mol. The van der Waals surface area contributed by atoms with E-state index in [0.717, 1.165) is 5.88 Å². The van der Waals surface area contributed by atoms with Gasteiger partial charge in [0.05, 0.1) is 13.2 Å². The zero-order valence-electron chi connectivity index (χ0n) is 10.4. The van der Waals surface area contributed by atoms with Crippen molar-refractivity contribution in [3.05, 3.63) is 10.1 Å². The Bertz CT molecular complexity index is 403. The first-order valence-corrected chi connectivity index (χ1v) is 7.36. The van der Waals surface area contributed by atoms with Crippen molar-refractivity contribution >= 4 is 17.7 Å². The van der Waals surface area contributed by atoms with Gasteiger partial charge in [0.15, 0.2) is 12.2 Å². The zero-order chi connectivity index (χ0) is 14.1. The Morgan fingerprint density at radius 1 is 1.30 bits per heavy atom. The number of nitrogens with zero attached hydrogens (tertiary/aromatic N) is 1. The third-order valence-corrected chi connectivity index (χ3v) is 4.39. The largest absolute Gasteiger partial charge is 0.456 e. The van der Waals surface area contributed by atoms with Crippen LogP contribution < -0.4 is 5.32 Å². The van der Waals surface area contributed by atoms with E-state index in [1.807, 2.05) is 0 Å². The molecule has 3 fully saturated rings. The fourth-order valence-corrected chi connectivity index (χ4v) is 3.44. The molecule has 0 aromatic carbocycles. The minimum absolute atomic E-state index is 0.0574. The maximum atomic E-state index is 11.9. The van der Waals surface area contributed by atoms with Crippen molar-refractivity contribution in [1.82, 2.24) is 5.32 Å². The Labute approximate surface area is 118 Å². The first kappa shape index (κ1) is 13.9. The van der Waals surface area contributed by atoms with Crippen molar-refractivity contribution in [3.63, 3.8) is 0 Å². The number of hydrogen-bond donors (Lipinski definition) is 1. The van der Waals surface area contributed by atoms with Gasteiger partial charge in [0.2, 0.25) is 0 Å². The summed E-state index contributed by atoms with van der Waals surface area (Å²) in [7, 11) is 0. The summed E-state index contributed by atoms with van der Waals surface area (Å²) in [5.41, 5.74) is 0. The number of carbonyl (C=O) groups excluding carboxylic acids is 1. The van der Waals surface area contributed by atoms with E-state index in [1.165, 1.54) is 0 Å². The number of ether oxygens (including phenoxy) is 3. The van der Waals surface area contributed by atoms with E-state index >= 15 is 0 Å². The van der Waals surface area contributed by atoms with E-state index in [1.54, 1.807) is 11.8 Å². The predicted molar refractivity (Wildman–Crippen MR) is 65.5 cm³/mol. The molecule has 0 aromatic rings. The van der Waals surface area contributed by atoms with E-state index in [0.29, 0.717) is 5.75 Å². The summed E-state index contributed by atoms with van der Waals surface area (Å²) in [4.78, 5) is 26.7. The molecule has 3 saturated heterocycles. The van der Waals surface area contributed by atoms with Crippen LogP contribution in [0, 0.1) is 10.1 Å². The molecule has 112 valence electrons. The number of carbonyl (C=O) groups is 1. The quantitative estimate of drug-likeness (QED) is 0.394. The molecule has 1 unspecified atom stereocenters. The van der Waals surface area contributed by atoms with Crippen molar-refractivity contribution in [3.8, 4) is 0 Å². The molecular weight excluding hydrogens is 292 g/mol. The molecule has 20 heavy (non-hydrogen) atoms. The molecule has 0 bridgehead atoms. The second-order valence-corrected chi connectivity index (χ2v) is 5.74. The first-order valence-electron chi connectivity index (χ1n) is 6.21. The summed E-state index contributed by atoms with van der Waals surface area (Å²) in [6.07, 6.45) is -2.37. The summed E-state index contributed by atoms with van der Waals surface area (Å²) >= 11 is 1.63. The normalized spacial score (nSPS) is 39.5. The molecule has 10 heteroatoms. The standard InChI is InChI=1S/C10H14N2O7S/c13-10(5-3-20-4-11-5)18-6-1-16-9-7(19-12(14)15)2-17-8(6)9/h5-9,11H,1-4H2/t5?,6-,7+,8+,9+/m0/s1. The Balaban J connectivity index is 1.55. The minimum atomic E-state index is -0.862. The van der Waals surface area contributed by atoms with E-state index in [-0.39, 0.29) is 25.2 Å². The van der Waals surface area contributed by atoms with Crippen LogP contribution in [0.5, 0.6) is 0 Å². The number of fused-ring (bicyclic) bond motifs is 1. The lowest BCUT2D eigenvalue weighted by Gasteiger charge is -2.18. The third-order valence-electron chi connectivity index (χ3n) is 3.45. The topological polar surface area (TPSA) is 109 Å². The maximum absolute atomic E-state index is 11.9. The van der Waals surface area contributed by atoms with E-state index in [2.05, 4.69) is 10.2 Å². The van der Waals surface area contributed by atoms with Gasteiger partial charge in [0.1, 0.15) is 18.2 Å². The molecule has 3 aliphatic heterocycles. The molecule has 0 aromatic heterocycles. The Morgan fingerprint density at radius 3 is 2.65 bits per heavy atom. The lowest BCUT2D eigenvalue weighted by Crippen LogP contribution is -2.41. The summed E-state index contributed by atoms with van der Waals surface area (Å²) < 4.78 is 16.2. The highest BCUT2D eigenvalue weighted by Gasteiger charge is 2.51. The van der Waals surface area contributed by atoms with Gasteiger partial charge in [0.25, 0.3) is 5.09 Å². The average Bonchev–Trinajstić information content (AvgIpc) is 3.09. The van der Waals surface area contributed by atoms with Crippen LogP contribution in [0.25, 0.3) is 0 Å². The highest BCUT2D eigenvalue weighted by molar-refractivity contribution is 7.99. The molecule has 3 aliphatic rings. The number of thioether (sulfide) groups is 1. The Morgan fingerprint density at radius 2 is 2.00 bits per heavy atom. The maximum Gasteiger partial charge on any atom is 0.324 e. The molecule has 0 aliphatic carbocycles. The summed E-state index contributed by atoms with van der Waals surface area (Å²) in [5.74, 6) is 1.06. The van der Waals surface area contributed by atoms with Crippen molar-refractivity contribution in [2.24, 2.45) is 0 Å². The van der Waals surface area contributed by atoms with Gasteiger partial charge in [-0.15, -0.1) is 21.9 Å². The van der Waals surface area contributed by atoms with E-state index < -0.39 is 29.5 Å². The third kappa shape index (κ3) is 2.68. The Kier molecular flexibility index (Phi) is 3.96. The lowest BCUT2D eigenvalue weighted by molar-refractivity contribution is -0.769. The predicted octanol–water partition coefficient (Wildman–Crippen LogP) is -1.06. The van der Waals surface area contributed by atoms with E-state index in [4.69, 9.17) is 14.2 Å². The van der Waals surface area contributed by atoms with Gasteiger partial charge in [-0.2, -0.15) is 0 Å². The SMILES string of the molecule is O=C(O[C@H]1CO[C@H]2[C@@H]1OC[C@H]2O[N+](=O)[O-])C1CSCN1. The highest BCUT2D eigenvalue weighted by atomic mass is 32.2. The molecule has 3 rings (SSSR count). The van der Waals surface area contributed by atoms with Gasteiger partial charge in [-0.25, -0.2) is 0 Å². The fraction of sp³-hybridized carbons (Fsp3) is 0.900. The smallest absolute Gasteiger partial charge is 0.324 e. The number of hydrogen-bond acceptors (Lipinski definition) is 9. The molecule has 9 nitrogen and oxygen atoms in total. The molecule has 0 saturated carbocycles. The van der Waals surface area contributed by atoms with Crippen LogP contribution in [0.15, 0.2) is 0 Å². The van der Waals surface area contributed by atoms with Crippen LogP contribution in [-0.4, -0.2) is 66.4 Å². The summed E-state index contributed by atoms with van der Waals surface area (Å²) in [6.45, 7) is 0.223. The number of rotatable bonds is 4. The number of esters is 1. The minimum Gasteiger partial charge on any atom is -0.456 e. The van der Waals surface area contributed by atoms with E-state index in [9.17, 15) is 14.9 Å². The highest BCUT2D eigenvalue weighted by Crippen LogP contribution is 2.31. The molecule has 5 atom stereocenters. The van der Waals surface area contributed by atoms with Crippen LogP contribution in [0.2, 0.25) is 0 Å². The van der Waals surface area contributed by atoms with Crippen LogP contribution in [-0.2, 0) is 23.8 Å². The van der Waals surface area contributed by atoms with Gasteiger partial charge in [-0.05, 0) is 0 Å². The van der Waals surface area contributed by atoms with Gasteiger partial charge in [0, 0.05) is 11.6 Å². The molecule has 0 radical (unpaired) electrons. The first-order chi connectivity index (χ1) is 9.65. The molecule has 1 N–H and O–H groups in total. The molecule has 3 heterocycles. The van der Waals surface area contributed by atoms with Crippen molar-refractivity contribution in [2.75, 3.05) is 24.8 Å². The van der Waals surface area contributed by atoms with Gasteiger partial charge < -0.3 is 19.0 Å². The fourth-order valence-electron chi connectivity index (χ4n) is 2.51. The van der Waals surface area contributed by atoms with Crippen LogP contribution in [0.3, 0.4) is 0 Å². The van der Waals surface area contributed by atoms with Crippen LogP contribution in [0.1, 0.15) is 0 Å². The van der Waals surface area contributed by atoms with Gasteiger partial charge in [-0.3, -0.25) is 10.1 Å². The monoisotopic (exact) mass is 306 g/mol. The lowest BCUT2D eigenvalue weighted by atomic mass is 10.1. The second-order valence-electron chi connectivity index (χ2n) is 4.71. The van der Waals surface area contributed by atoms with Crippen LogP contribution in [0.4, 0.5) is 0 Å². The Hall–Kier alpha value is -1.10. The molecule has 0 amide bonds. The summed E-state index contributed by atoms with van der Waals surface area (Å²) in [6, 6.07) is -0.314. The van der Waals surface area contributed by atoms with Crippen LogP contribution >= 0.6 is 11.8 Å². The van der Waals surface area contributed by atoms with Gasteiger partial charge >= 0.3 is 5.97 Å². The second kappa shape index (κ2) is 5.72. The molecular formula is C10H14N2O7S. The zero-order valence-corrected chi connectivity index (χ0v) is 11.2. The van der Waals surface area contributed by atoms with Crippen molar-refractivity contribution in [1.29, 1.82) is 0 Å². The summed E-state index contributed by atoms with van der Waals surface area (Å²) in [5, 5.41) is 12.5. The number of nitrogens with one attached hydrogen (secondary N) is 1. The van der Waals surface area contributed by atoms with Crippen molar-refractivity contribution in [2.45, 2.75) is 30.5 Å².